The molecule has 0 bridgehead atoms. The third-order valence-corrected chi connectivity index (χ3v) is 3.40. The molecule has 0 aromatic carbocycles. The topological polar surface area (TPSA) is 49.6 Å². The molecule has 2 aliphatic rings. The predicted octanol–water partition coefficient (Wildman–Crippen LogP) is 0.454. The minimum atomic E-state index is 0. The van der Waals surface area contributed by atoms with Gasteiger partial charge in [0.25, 0.3) is 0 Å². The van der Waals surface area contributed by atoms with Gasteiger partial charge in [-0.1, -0.05) is 0 Å². The lowest BCUT2D eigenvalue weighted by Gasteiger charge is -2.31. The molecule has 2 saturated heterocycles. The van der Waals surface area contributed by atoms with E-state index in [1.807, 2.05) is 4.90 Å². The summed E-state index contributed by atoms with van der Waals surface area (Å²) in [6, 6.07) is 0.341. The number of carbonyl (C=O) groups excluding carboxylic acids is 1. The number of nitrogens with two attached hydrogens (primary N) is 1. The Morgan fingerprint density at radius 1 is 1.25 bits per heavy atom. The number of amides is 1. The van der Waals surface area contributed by atoms with Gasteiger partial charge in [-0.15, -0.1) is 12.4 Å². The zero-order valence-corrected chi connectivity index (χ0v) is 10.5. The van der Waals surface area contributed by atoms with E-state index >= 15 is 0 Å². The highest BCUT2D eigenvalue weighted by Crippen LogP contribution is 2.11. The highest BCUT2D eigenvalue weighted by Gasteiger charge is 2.22. The molecule has 0 aromatic rings. The number of halogens is 1. The molecule has 2 N–H and O–H groups in total. The monoisotopic (exact) mass is 247 g/mol. The zero-order valence-electron chi connectivity index (χ0n) is 9.73. The first-order valence-electron chi connectivity index (χ1n) is 6.01. The van der Waals surface area contributed by atoms with Gasteiger partial charge in [-0.25, -0.2) is 0 Å². The van der Waals surface area contributed by atoms with Crippen molar-refractivity contribution in [3.05, 3.63) is 0 Å². The molecule has 0 saturated carbocycles. The van der Waals surface area contributed by atoms with Crippen molar-refractivity contribution >= 4 is 18.3 Å². The Balaban J connectivity index is 0.00000128. The molecule has 0 aromatic heterocycles. The van der Waals surface area contributed by atoms with Gasteiger partial charge in [0.2, 0.25) is 5.91 Å². The van der Waals surface area contributed by atoms with Gasteiger partial charge in [-0.3, -0.25) is 4.79 Å². The summed E-state index contributed by atoms with van der Waals surface area (Å²) >= 11 is 0. The van der Waals surface area contributed by atoms with Gasteiger partial charge in [0, 0.05) is 38.6 Å². The lowest BCUT2D eigenvalue weighted by Crippen LogP contribution is -2.45. The first kappa shape index (κ1) is 13.7. The summed E-state index contributed by atoms with van der Waals surface area (Å²) in [6.07, 6.45) is 4.14. The van der Waals surface area contributed by atoms with E-state index in [2.05, 4.69) is 4.90 Å². The number of likely N-dealkylation sites (tertiary alicyclic amines) is 2. The van der Waals surface area contributed by atoms with Crippen LogP contribution in [0.3, 0.4) is 0 Å². The van der Waals surface area contributed by atoms with Crippen LogP contribution in [0.2, 0.25) is 0 Å². The summed E-state index contributed by atoms with van der Waals surface area (Å²) in [6.45, 7) is 5.00. The minimum Gasteiger partial charge on any atom is -0.341 e. The van der Waals surface area contributed by atoms with E-state index in [0.717, 1.165) is 52.0 Å². The highest BCUT2D eigenvalue weighted by molar-refractivity contribution is 5.85. The van der Waals surface area contributed by atoms with Crippen LogP contribution < -0.4 is 5.73 Å². The van der Waals surface area contributed by atoms with Gasteiger partial charge < -0.3 is 15.5 Å². The van der Waals surface area contributed by atoms with Gasteiger partial charge in [0.1, 0.15) is 0 Å². The van der Waals surface area contributed by atoms with Crippen molar-refractivity contribution in [3.8, 4) is 0 Å². The standard InChI is InChI=1S/C11H21N3O.ClH/c12-10-3-1-5-13(9-10)7-8-14-6-2-4-11(14)15;/h10H,1-9,12H2;1H/t10-;/m1./s1. The fraction of sp³-hybridized carbons (Fsp3) is 0.909. The van der Waals surface area contributed by atoms with E-state index in [4.69, 9.17) is 5.73 Å². The first-order chi connectivity index (χ1) is 7.25. The second-order valence-corrected chi connectivity index (χ2v) is 4.69. The van der Waals surface area contributed by atoms with E-state index in [1.54, 1.807) is 0 Å². The highest BCUT2D eigenvalue weighted by atomic mass is 35.5. The number of rotatable bonds is 3. The van der Waals surface area contributed by atoms with Crippen molar-refractivity contribution in [2.24, 2.45) is 5.73 Å². The third-order valence-electron chi connectivity index (χ3n) is 3.40. The van der Waals surface area contributed by atoms with E-state index in [9.17, 15) is 4.79 Å². The number of hydrogen-bond acceptors (Lipinski definition) is 3. The molecule has 0 radical (unpaired) electrons. The molecule has 4 nitrogen and oxygen atoms in total. The summed E-state index contributed by atoms with van der Waals surface area (Å²) < 4.78 is 0. The van der Waals surface area contributed by atoms with Crippen LogP contribution in [0.4, 0.5) is 0 Å². The maximum absolute atomic E-state index is 11.4. The van der Waals surface area contributed by atoms with Crippen molar-refractivity contribution in [2.75, 3.05) is 32.7 Å². The molecular formula is C11H22ClN3O. The number of carbonyl (C=O) groups is 1. The molecule has 1 amide bonds. The van der Waals surface area contributed by atoms with E-state index in [-0.39, 0.29) is 12.4 Å². The summed E-state index contributed by atoms with van der Waals surface area (Å²) in [5, 5.41) is 0. The largest absolute Gasteiger partial charge is 0.341 e. The molecule has 16 heavy (non-hydrogen) atoms. The molecule has 0 aliphatic carbocycles. The van der Waals surface area contributed by atoms with Gasteiger partial charge >= 0.3 is 0 Å². The van der Waals surface area contributed by atoms with Crippen LogP contribution in [0, 0.1) is 0 Å². The van der Waals surface area contributed by atoms with Crippen LogP contribution in [0.15, 0.2) is 0 Å². The lowest BCUT2D eigenvalue weighted by atomic mass is 10.1. The smallest absolute Gasteiger partial charge is 0.222 e. The molecule has 2 aliphatic heterocycles. The Kier molecular flexibility index (Phi) is 5.52. The lowest BCUT2D eigenvalue weighted by molar-refractivity contribution is -0.127. The van der Waals surface area contributed by atoms with Gasteiger partial charge in [-0.2, -0.15) is 0 Å². The van der Waals surface area contributed by atoms with Crippen LogP contribution in [0.1, 0.15) is 25.7 Å². The molecule has 94 valence electrons. The molecule has 5 heteroatoms. The zero-order chi connectivity index (χ0) is 10.7. The molecule has 0 spiro atoms. The Bertz CT molecular complexity index is 237. The van der Waals surface area contributed by atoms with Crippen molar-refractivity contribution in [2.45, 2.75) is 31.7 Å². The predicted molar refractivity (Wildman–Crippen MR) is 66.7 cm³/mol. The molecule has 2 fully saturated rings. The van der Waals surface area contributed by atoms with Crippen molar-refractivity contribution in [1.29, 1.82) is 0 Å². The van der Waals surface area contributed by atoms with Gasteiger partial charge in [0.05, 0.1) is 0 Å². The quantitative estimate of drug-likeness (QED) is 0.788. The van der Waals surface area contributed by atoms with Crippen LogP contribution in [-0.4, -0.2) is 54.5 Å². The SMILES string of the molecule is Cl.N[C@@H]1CCCN(CCN2CCCC2=O)C1. The average molecular weight is 248 g/mol. The molecular weight excluding hydrogens is 226 g/mol. The van der Waals surface area contributed by atoms with Gasteiger partial charge in [-0.05, 0) is 25.8 Å². The van der Waals surface area contributed by atoms with Gasteiger partial charge in [0.15, 0.2) is 0 Å². The molecule has 0 unspecified atom stereocenters. The Morgan fingerprint density at radius 2 is 2.06 bits per heavy atom. The number of nitrogens with zero attached hydrogens (tertiary/aromatic N) is 2. The van der Waals surface area contributed by atoms with Crippen LogP contribution in [0.25, 0.3) is 0 Å². The number of piperidine rings is 1. The van der Waals surface area contributed by atoms with Crippen molar-refractivity contribution in [1.82, 2.24) is 9.80 Å². The fourth-order valence-corrected chi connectivity index (χ4v) is 2.50. The van der Waals surface area contributed by atoms with E-state index < -0.39 is 0 Å². The average Bonchev–Trinajstić information content (AvgIpc) is 2.61. The maximum atomic E-state index is 11.4. The summed E-state index contributed by atoms with van der Waals surface area (Å²) in [5.41, 5.74) is 5.91. The van der Waals surface area contributed by atoms with Crippen LogP contribution in [0.5, 0.6) is 0 Å². The van der Waals surface area contributed by atoms with E-state index in [1.165, 1.54) is 6.42 Å². The maximum Gasteiger partial charge on any atom is 0.222 e. The Hall–Kier alpha value is -0.320. The Labute approximate surface area is 104 Å². The fourth-order valence-electron chi connectivity index (χ4n) is 2.50. The molecule has 2 rings (SSSR count). The number of hydrogen-bond donors (Lipinski definition) is 1. The minimum absolute atomic E-state index is 0. The summed E-state index contributed by atoms with van der Waals surface area (Å²) in [4.78, 5) is 15.8. The van der Waals surface area contributed by atoms with Crippen LogP contribution >= 0.6 is 12.4 Å². The normalized spacial score (nSPS) is 26.9. The molecule has 1 atom stereocenters. The summed E-state index contributed by atoms with van der Waals surface area (Å²) in [5.74, 6) is 0.330. The van der Waals surface area contributed by atoms with Crippen molar-refractivity contribution in [3.63, 3.8) is 0 Å². The molecule has 2 heterocycles. The second-order valence-electron chi connectivity index (χ2n) is 4.69. The Morgan fingerprint density at radius 3 is 2.69 bits per heavy atom. The van der Waals surface area contributed by atoms with Crippen molar-refractivity contribution < 1.29 is 4.79 Å². The van der Waals surface area contributed by atoms with Crippen LogP contribution in [-0.2, 0) is 4.79 Å². The summed E-state index contributed by atoms with van der Waals surface area (Å²) in [7, 11) is 0. The third kappa shape index (κ3) is 3.61. The first-order valence-corrected chi connectivity index (χ1v) is 6.01. The van der Waals surface area contributed by atoms with E-state index in [0.29, 0.717) is 11.9 Å². The second kappa shape index (κ2) is 6.42.